The minimum absolute atomic E-state index is 0.198. The fourth-order valence-corrected chi connectivity index (χ4v) is 2.16. The van der Waals surface area contributed by atoms with Gasteiger partial charge in [0.15, 0.2) is 0 Å². The van der Waals surface area contributed by atoms with Gasteiger partial charge in [0.25, 0.3) is 0 Å². The van der Waals surface area contributed by atoms with Gasteiger partial charge < -0.3 is 10.1 Å². The number of ether oxygens (including phenoxy) is 1. The second-order valence-corrected chi connectivity index (χ2v) is 5.52. The van der Waals surface area contributed by atoms with Crippen molar-refractivity contribution in [3.05, 3.63) is 65.2 Å². The first-order valence-corrected chi connectivity index (χ1v) is 7.38. The predicted molar refractivity (Wildman–Crippen MR) is 85.6 cm³/mol. The highest BCUT2D eigenvalue weighted by Gasteiger charge is 2.46. The number of hydrogen-bond donors (Lipinski definition) is 1. The number of rotatable bonds is 5. The minimum atomic E-state index is -4.76. The SMILES string of the molecule is Cc1ccc(C)c(COC(=O)[C@H](Nc2ccccc2)C(F)(F)F)c1. The van der Waals surface area contributed by atoms with Crippen molar-refractivity contribution in [3.63, 3.8) is 0 Å². The van der Waals surface area contributed by atoms with Crippen LogP contribution in [-0.2, 0) is 16.1 Å². The van der Waals surface area contributed by atoms with Crippen molar-refractivity contribution in [1.82, 2.24) is 0 Å². The molecule has 2 rings (SSSR count). The lowest BCUT2D eigenvalue weighted by Gasteiger charge is -2.21. The largest absolute Gasteiger partial charge is 0.459 e. The Hall–Kier alpha value is -2.50. The van der Waals surface area contributed by atoms with Crippen LogP contribution in [-0.4, -0.2) is 18.2 Å². The molecule has 0 radical (unpaired) electrons. The van der Waals surface area contributed by atoms with E-state index in [-0.39, 0.29) is 12.3 Å². The predicted octanol–water partition coefficient (Wildman–Crippen LogP) is 4.39. The topological polar surface area (TPSA) is 38.3 Å². The highest BCUT2D eigenvalue weighted by molar-refractivity contribution is 5.80. The maximum absolute atomic E-state index is 13.2. The number of esters is 1. The molecule has 6 heteroatoms. The molecular formula is C18H18F3NO2. The van der Waals surface area contributed by atoms with Crippen LogP contribution in [0, 0.1) is 13.8 Å². The van der Waals surface area contributed by atoms with Gasteiger partial charge in [-0.2, -0.15) is 13.2 Å². The molecule has 0 saturated heterocycles. The quantitative estimate of drug-likeness (QED) is 0.823. The van der Waals surface area contributed by atoms with Gasteiger partial charge >= 0.3 is 12.1 Å². The summed E-state index contributed by atoms with van der Waals surface area (Å²) in [7, 11) is 0. The van der Waals surface area contributed by atoms with Gasteiger partial charge in [0.1, 0.15) is 6.61 Å². The summed E-state index contributed by atoms with van der Waals surface area (Å²) in [5, 5.41) is 2.18. The maximum Gasteiger partial charge on any atom is 0.419 e. The van der Waals surface area contributed by atoms with Crippen LogP contribution < -0.4 is 5.32 Å². The summed E-state index contributed by atoms with van der Waals surface area (Å²) in [6, 6.07) is 10.8. The van der Waals surface area contributed by atoms with Crippen molar-refractivity contribution in [2.45, 2.75) is 32.7 Å². The first-order chi connectivity index (χ1) is 11.3. The molecule has 2 aromatic rings. The van der Waals surface area contributed by atoms with E-state index in [1.54, 1.807) is 24.3 Å². The second kappa shape index (κ2) is 7.38. The standard InChI is InChI=1S/C18H18F3NO2/c1-12-8-9-13(2)14(10-12)11-24-17(23)16(18(19,20)21)22-15-6-4-3-5-7-15/h3-10,16,22H,11H2,1-2H3/t16-/m0/s1. The van der Waals surface area contributed by atoms with Crippen LogP contribution >= 0.6 is 0 Å². The van der Waals surface area contributed by atoms with Crippen molar-refractivity contribution >= 4 is 11.7 Å². The molecule has 24 heavy (non-hydrogen) atoms. The molecule has 0 fully saturated rings. The third-order valence-electron chi connectivity index (χ3n) is 3.52. The monoisotopic (exact) mass is 337 g/mol. The highest BCUT2D eigenvalue weighted by Crippen LogP contribution is 2.25. The molecule has 0 aliphatic heterocycles. The molecule has 0 saturated carbocycles. The first-order valence-electron chi connectivity index (χ1n) is 7.38. The number of anilines is 1. The van der Waals surface area contributed by atoms with Gasteiger partial charge in [0.2, 0.25) is 6.04 Å². The van der Waals surface area contributed by atoms with E-state index >= 15 is 0 Å². The fourth-order valence-electron chi connectivity index (χ4n) is 2.16. The zero-order valence-corrected chi connectivity index (χ0v) is 13.4. The number of nitrogens with one attached hydrogen (secondary N) is 1. The molecule has 1 N–H and O–H groups in total. The van der Waals surface area contributed by atoms with E-state index < -0.39 is 18.2 Å². The number of benzene rings is 2. The van der Waals surface area contributed by atoms with E-state index in [1.807, 2.05) is 26.0 Å². The van der Waals surface area contributed by atoms with E-state index in [0.717, 1.165) is 11.1 Å². The third kappa shape index (κ3) is 4.75. The van der Waals surface area contributed by atoms with Crippen molar-refractivity contribution < 1.29 is 22.7 Å². The van der Waals surface area contributed by atoms with E-state index in [2.05, 4.69) is 5.32 Å². The second-order valence-electron chi connectivity index (χ2n) is 5.52. The fraction of sp³-hybridized carbons (Fsp3) is 0.278. The van der Waals surface area contributed by atoms with Crippen molar-refractivity contribution in [3.8, 4) is 0 Å². The summed E-state index contributed by atoms with van der Waals surface area (Å²) < 4.78 is 44.4. The number of alkyl halides is 3. The van der Waals surface area contributed by atoms with Crippen molar-refractivity contribution in [2.24, 2.45) is 0 Å². The van der Waals surface area contributed by atoms with Crippen LogP contribution in [0.3, 0.4) is 0 Å². The molecule has 3 nitrogen and oxygen atoms in total. The van der Waals surface area contributed by atoms with Crippen LogP contribution in [0.15, 0.2) is 48.5 Å². The maximum atomic E-state index is 13.2. The van der Waals surface area contributed by atoms with E-state index in [9.17, 15) is 18.0 Å². The van der Waals surface area contributed by atoms with E-state index in [1.165, 1.54) is 12.1 Å². The Morgan fingerprint density at radius 3 is 2.42 bits per heavy atom. The number of carbonyl (C=O) groups excluding carboxylic acids is 1. The summed E-state index contributed by atoms with van der Waals surface area (Å²) in [5.41, 5.74) is 2.68. The Balaban J connectivity index is 2.09. The average Bonchev–Trinajstić information content (AvgIpc) is 2.53. The molecule has 0 bridgehead atoms. The Labute approximate surface area is 138 Å². The van der Waals surface area contributed by atoms with Gasteiger partial charge in [-0.05, 0) is 37.1 Å². The molecule has 1 atom stereocenters. The van der Waals surface area contributed by atoms with Gasteiger partial charge in [0.05, 0.1) is 0 Å². The van der Waals surface area contributed by atoms with Gasteiger partial charge in [-0.3, -0.25) is 0 Å². The number of carbonyl (C=O) groups is 1. The number of halogens is 3. The summed E-state index contributed by atoms with van der Waals surface area (Å²) >= 11 is 0. The van der Waals surface area contributed by atoms with E-state index in [4.69, 9.17) is 4.74 Å². The Bertz CT molecular complexity index is 699. The molecule has 128 valence electrons. The number of aryl methyl sites for hydroxylation is 2. The summed E-state index contributed by atoms with van der Waals surface area (Å²) in [6.07, 6.45) is -4.76. The molecule has 0 unspecified atom stereocenters. The van der Waals surface area contributed by atoms with Crippen LogP contribution in [0.1, 0.15) is 16.7 Å². The lowest BCUT2D eigenvalue weighted by molar-refractivity contribution is -0.177. The summed E-state index contributed by atoms with van der Waals surface area (Å²) in [4.78, 5) is 12.0. The summed E-state index contributed by atoms with van der Waals surface area (Å²) in [5.74, 6) is -1.35. The van der Waals surface area contributed by atoms with Crippen LogP contribution in [0.5, 0.6) is 0 Å². The average molecular weight is 337 g/mol. The lowest BCUT2D eigenvalue weighted by atomic mass is 10.1. The Morgan fingerprint density at radius 1 is 1.12 bits per heavy atom. The van der Waals surface area contributed by atoms with Crippen LogP contribution in [0.4, 0.5) is 18.9 Å². The minimum Gasteiger partial charge on any atom is -0.459 e. The van der Waals surface area contributed by atoms with E-state index in [0.29, 0.717) is 5.56 Å². The molecule has 0 aliphatic rings. The Morgan fingerprint density at radius 2 is 1.79 bits per heavy atom. The Kier molecular flexibility index (Phi) is 5.49. The summed E-state index contributed by atoms with van der Waals surface area (Å²) in [6.45, 7) is 3.47. The van der Waals surface area contributed by atoms with Gasteiger partial charge in [-0.25, -0.2) is 4.79 Å². The molecule has 0 aromatic heterocycles. The van der Waals surface area contributed by atoms with Gasteiger partial charge in [-0.1, -0.05) is 42.0 Å². The lowest BCUT2D eigenvalue weighted by Crippen LogP contribution is -2.44. The zero-order chi connectivity index (χ0) is 17.7. The molecular weight excluding hydrogens is 319 g/mol. The van der Waals surface area contributed by atoms with Crippen molar-refractivity contribution in [2.75, 3.05) is 5.32 Å². The number of para-hydroxylation sites is 1. The molecule has 0 spiro atoms. The van der Waals surface area contributed by atoms with Crippen LogP contribution in [0.2, 0.25) is 0 Å². The highest BCUT2D eigenvalue weighted by atomic mass is 19.4. The van der Waals surface area contributed by atoms with Gasteiger partial charge in [-0.15, -0.1) is 0 Å². The molecule has 2 aromatic carbocycles. The van der Waals surface area contributed by atoms with Crippen molar-refractivity contribution in [1.29, 1.82) is 0 Å². The normalized spacial score (nSPS) is 12.5. The number of hydrogen-bond acceptors (Lipinski definition) is 3. The molecule has 0 amide bonds. The van der Waals surface area contributed by atoms with Crippen LogP contribution in [0.25, 0.3) is 0 Å². The molecule has 0 aliphatic carbocycles. The molecule has 0 heterocycles. The first kappa shape index (κ1) is 17.8. The van der Waals surface area contributed by atoms with Gasteiger partial charge in [0, 0.05) is 5.69 Å². The zero-order valence-electron chi connectivity index (χ0n) is 13.4. The smallest absolute Gasteiger partial charge is 0.419 e. The third-order valence-corrected chi connectivity index (χ3v) is 3.52.